The number of rotatable bonds is 3. The van der Waals surface area contributed by atoms with E-state index in [4.69, 9.17) is 0 Å². The first-order valence-corrected chi connectivity index (χ1v) is 9.37. The second-order valence-electron chi connectivity index (χ2n) is 7.71. The molecular weight excluding hydrogens is 306 g/mol. The topological polar surface area (TPSA) is 23.5 Å². The summed E-state index contributed by atoms with van der Waals surface area (Å²) in [7, 11) is 0. The van der Waals surface area contributed by atoms with E-state index in [1.165, 1.54) is 29.5 Å². The number of fused-ring (bicyclic) bond motifs is 2. The second-order valence-corrected chi connectivity index (χ2v) is 7.71. The van der Waals surface area contributed by atoms with Gasteiger partial charge in [-0.25, -0.2) is 0 Å². The fourth-order valence-corrected chi connectivity index (χ4v) is 5.27. The minimum Gasteiger partial charge on any atom is -0.508 e. The fraction of sp³-hybridized carbons (Fsp3) is 0.391. The van der Waals surface area contributed by atoms with Gasteiger partial charge < -0.3 is 5.11 Å². The summed E-state index contributed by atoms with van der Waals surface area (Å²) in [6.07, 6.45) is 5.56. The molecule has 2 aromatic rings. The van der Waals surface area contributed by atoms with Crippen LogP contribution in [0.4, 0.5) is 0 Å². The number of piperidine rings is 1. The maximum Gasteiger partial charge on any atom is 0.115 e. The minimum absolute atomic E-state index is 0.0713. The lowest BCUT2D eigenvalue weighted by Gasteiger charge is -2.53. The molecule has 3 atom stereocenters. The molecule has 1 N–H and O–H groups in total. The highest BCUT2D eigenvalue weighted by Crippen LogP contribution is 2.51. The number of likely N-dealkylation sites (tertiary alicyclic amines) is 1. The third kappa shape index (κ3) is 2.60. The smallest absolute Gasteiger partial charge is 0.115 e. The van der Waals surface area contributed by atoms with Crippen LogP contribution in [0.15, 0.2) is 61.2 Å². The van der Waals surface area contributed by atoms with Crippen LogP contribution in [0.1, 0.15) is 36.5 Å². The molecule has 2 heteroatoms. The van der Waals surface area contributed by atoms with Gasteiger partial charge >= 0.3 is 0 Å². The molecule has 1 aliphatic carbocycles. The van der Waals surface area contributed by atoms with E-state index >= 15 is 0 Å². The predicted molar refractivity (Wildman–Crippen MR) is 103 cm³/mol. The van der Waals surface area contributed by atoms with E-state index in [0.717, 1.165) is 19.5 Å². The van der Waals surface area contributed by atoms with Gasteiger partial charge in [-0.1, -0.05) is 49.4 Å². The Kier molecular flexibility index (Phi) is 4.16. The number of benzene rings is 2. The van der Waals surface area contributed by atoms with E-state index in [1.807, 2.05) is 18.2 Å². The van der Waals surface area contributed by atoms with E-state index in [2.05, 4.69) is 54.8 Å². The first kappa shape index (κ1) is 16.4. The molecule has 2 aliphatic rings. The van der Waals surface area contributed by atoms with Gasteiger partial charge in [0.1, 0.15) is 5.75 Å². The molecule has 1 saturated heterocycles. The third-order valence-corrected chi connectivity index (χ3v) is 6.45. The Morgan fingerprint density at radius 1 is 1.24 bits per heavy atom. The van der Waals surface area contributed by atoms with Crippen molar-refractivity contribution in [2.45, 2.75) is 37.6 Å². The molecule has 1 heterocycles. The first-order chi connectivity index (χ1) is 12.1. The lowest BCUT2D eigenvalue weighted by Crippen LogP contribution is -2.56. The normalized spacial score (nSPS) is 28.8. The van der Waals surface area contributed by atoms with Gasteiger partial charge in [0, 0.05) is 18.0 Å². The van der Waals surface area contributed by atoms with Crippen molar-refractivity contribution in [3.8, 4) is 5.75 Å². The van der Waals surface area contributed by atoms with Crippen LogP contribution in [0.3, 0.4) is 0 Å². The standard InChI is InChI=1S/C23H27NO/c1-3-13-24-14-7-10-20-22(24)15-17-11-12-19(25)16-21(17)23(20,2)18-8-5-4-6-9-18/h3-6,8-9,11-12,16,20,22,25H,1,7,10,13-15H2,2H3. The quantitative estimate of drug-likeness (QED) is 0.835. The summed E-state index contributed by atoms with van der Waals surface area (Å²) in [5.41, 5.74) is 3.97. The molecule has 2 aromatic carbocycles. The van der Waals surface area contributed by atoms with E-state index in [0.29, 0.717) is 17.7 Å². The zero-order chi connectivity index (χ0) is 17.4. The molecule has 0 bridgehead atoms. The van der Waals surface area contributed by atoms with Crippen molar-refractivity contribution in [3.05, 3.63) is 77.9 Å². The van der Waals surface area contributed by atoms with Crippen LogP contribution >= 0.6 is 0 Å². The molecule has 0 aromatic heterocycles. The SMILES string of the molecule is C=CCN1CCCC2C1Cc1ccc(O)cc1C2(C)c1ccccc1. The zero-order valence-corrected chi connectivity index (χ0v) is 15.0. The van der Waals surface area contributed by atoms with Crippen LogP contribution in [0, 0.1) is 5.92 Å². The molecule has 0 radical (unpaired) electrons. The zero-order valence-electron chi connectivity index (χ0n) is 15.0. The van der Waals surface area contributed by atoms with Crippen molar-refractivity contribution in [1.29, 1.82) is 0 Å². The highest BCUT2D eigenvalue weighted by Gasteiger charge is 2.49. The van der Waals surface area contributed by atoms with Crippen LogP contribution in [0.5, 0.6) is 5.75 Å². The summed E-state index contributed by atoms with van der Waals surface area (Å²) in [6.45, 7) is 8.47. The van der Waals surface area contributed by atoms with Crippen molar-refractivity contribution in [2.24, 2.45) is 5.92 Å². The number of hydrogen-bond donors (Lipinski definition) is 1. The van der Waals surface area contributed by atoms with Crippen molar-refractivity contribution in [3.63, 3.8) is 0 Å². The Morgan fingerprint density at radius 2 is 2.04 bits per heavy atom. The Hall–Kier alpha value is -2.06. The molecule has 130 valence electrons. The van der Waals surface area contributed by atoms with E-state index in [-0.39, 0.29) is 5.41 Å². The van der Waals surface area contributed by atoms with Gasteiger partial charge in [0.05, 0.1) is 0 Å². The Bertz CT molecular complexity index is 769. The van der Waals surface area contributed by atoms with Crippen molar-refractivity contribution in [1.82, 2.24) is 4.90 Å². The average Bonchev–Trinajstić information content (AvgIpc) is 2.64. The molecular formula is C23H27NO. The highest BCUT2D eigenvalue weighted by atomic mass is 16.3. The first-order valence-electron chi connectivity index (χ1n) is 9.37. The van der Waals surface area contributed by atoms with Gasteiger partial charge in [-0.15, -0.1) is 6.58 Å². The van der Waals surface area contributed by atoms with Gasteiger partial charge in [-0.2, -0.15) is 0 Å². The van der Waals surface area contributed by atoms with Gasteiger partial charge in [0.15, 0.2) is 0 Å². The van der Waals surface area contributed by atoms with Crippen LogP contribution in [0.2, 0.25) is 0 Å². The monoisotopic (exact) mass is 333 g/mol. The number of hydrogen-bond acceptors (Lipinski definition) is 2. The summed E-state index contributed by atoms with van der Waals surface area (Å²) in [5, 5.41) is 10.2. The molecule has 2 nitrogen and oxygen atoms in total. The van der Waals surface area contributed by atoms with Crippen molar-refractivity contribution in [2.75, 3.05) is 13.1 Å². The highest BCUT2D eigenvalue weighted by molar-refractivity contribution is 5.50. The van der Waals surface area contributed by atoms with Gasteiger partial charge in [0.2, 0.25) is 0 Å². The number of nitrogens with zero attached hydrogens (tertiary/aromatic N) is 1. The molecule has 0 spiro atoms. The van der Waals surface area contributed by atoms with Gasteiger partial charge in [-0.3, -0.25) is 4.90 Å². The maximum absolute atomic E-state index is 10.2. The molecule has 4 rings (SSSR count). The summed E-state index contributed by atoms with van der Waals surface area (Å²) < 4.78 is 0. The lowest BCUT2D eigenvalue weighted by molar-refractivity contribution is 0.0598. The summed E-state index contributed by atoms with van der Waals surface area (Å²) in [6, 6.07) is 17.4. The number of phenolic OH excluding ortho intramolecular Hbond substituents is 1. The molecule has 1 aliphatic heterocycles. The predicted octanol–water partition coefficient (Wildman–Crippen LogP) is 4.52. The molecule has 1 fully saturated rings. The summed E-state index contributed by atoms with van der Waals surface area (Å²) in [5.74, 6) is 0.927. The van der Waals surface area contributed by atoms with Gasteiger partial charge in [0.25, 0.3) is 0 Å². The van der Waals surface area contributed by atoms with Gasteiger partial charge in [-0.05, 0) is 60.5 Å². The number of phenols is 1. The Balaban J connectivity index is 1.90. The van der Waals surface area contributed by atoms with E-state index in [9.17, 15) is 5.11 Å². The fourth-order valence-electron chi connectivity index (χ4n) is 5.27. The largest absolute Gasteiger partial charge is 0.508 e. The third-order valence-electron chi connectivity index (χ3n) is 6.45. The van der Waals surface area contributed by atoms with E-state index < -0.39 is 0 Å². The van der Waals surface area contributed by atoms with Crippen LogP contribution in [0.25, 0.3) is 0 Å². The molecule has 0 amide bonds. The molecule has 25 heavy (non-hydrogen) atoms. The minimum atomic E-state index is -0.0713. The van der Waals surface area contributed by atoms with Crippen LogP contribution < -0.4 is 0 Å². The summed E-state index contributed by atoms with van der Waals surface area (Å²) >= 11 is 0. The van der Waals surface area contributed by atoms with Crippen LogP contribution in [-0.2, 0) is 11.8 Å². The maximum atomic E-state index is 10.2. The number of aromatic hydroxyl groups is 1. The lowest BCUT2D eigenvalue weighted by atomic mass is 9.57. The molecule has 3 unspecified atom stereocenters. The van der Waals surface area contributed by atoms with Crippen molar-refractivity contribution < 1.29 is 5.11 Å². The van der Waals surface area contributed by atoms with Crippen LogP contribution in [-0.4, -0.2) is 29.1 Å². The summed E-state index contributed by atoms with van der Waals surface area (Å²) in [4.78, 5) is 2.61. The molecule has 0 saturated carbocycles. The Morgan fingerprint density at radius 3 is 2.80 bits per heavy atom. The van der Waals surface area contributed by atoms with Crippen molar-refractivity contribution >= 4 is 0 Å². The Labute approximate surface area is 150 Å². The van der Waals surface area contributed by atoms with E-state index in [1.54, 1.807) is 0 Å². The average molecular weight is 333 g/mol. The second kappa shape index (κ2) is 6.34.